The molecule has 4 nitrogen and oxygen atoms in total. The molecule has 1 fully saturated rings. The lowest BCUT2D eigenvalue weighted by Gasteiger charge is -2.39. The highest BCUT2D eigenvalue weighted by molar-refractivity contribution is 5.83. The van der Waals surface area contributed by atoms with Gasteiger partial charge in [-0.2, -0.15) is 0 Å². The van der Waals surface area contributed by atoms with E-state index >= 15 is 0 Å². The molecule has 0 aromatic heterocycles. The molecule has 0 aliphatic heterocycles. The molecule has 1 aromatic rings. The van der Waals surface area contributed by atoms with Crippen LogP contribution < -0.4 is 5.73 Å². The summed E-state index contributed by atoms with van der Waals surface area (Å²) in [4.78, 5) is 14.6. The van der Waals surface area contributed by atoms with Gasteiger partial charge >= 0.3 is 0 Å². The summed E-state index contributed by atoms with van der Waals surface area (Å²) in [6.07, 6.45) is 3.94. The highest BCUT2D eigenvalue weighted by Gasteiger charge is 2.41. The standard InChI is InChI=1S/C17H26N2O2/c1-13-7-9-17(12-18,10-8-13)16(21)19(2)11-14-3-5-15(20)6-4-14/h3-6,13,20H,7-12,18H2,1-2H3. The minimum Gasteiger partial charge on any atom is -0.508 e. The number of hydrogen-bond donors (Lipinski definition) is 2. The largest absolute Gasteiger partial charge is 0.508 e. The predicted octanol–water partition coefficient (Wildman–Crippen LogP) is 2.51. The summed E-state index contributed by atoms with van der Waals surface area (Å²) in [6.45, 7) is 3.22. The lowest BCUT2D eigenvalue weighted by Crippen LogP contribution is -2.48. The van der Waals surface area contributed by atoms with E-state index in [4.69, 9.17) is 5.73 Å². The second-order valence-corrected chi connectivity index (χ2v) is 6.49. The van der Waals surface area contributed by atoms with Gasteiger partial charge in [-0.1, -0.05) is 19.1 Å². The number of nitrogens with zero attached hydrogens (tertiary/aromatic N) is 1. The number of phenols is 1. The Balaban J connectivity index is 2.05. The van der Waals surface area contributed by atoms with Crippen molar-refractivity contribution in [3.8, 4) is 5.75 Å². The fraction of sp³-hybridized carbons (Fsp3) is 0.588. The van der Waals surface area contributed by atoms with E-state index in [-0.39, 0.29) is 17.1 Å². The topological polar surface area (TPSA) is 66.6 Å². The summed E-state index contributed by atoms with van der Waals surface area (Å²) in [5, 5.41) is 9.31. The number of carbonyl (C=O) groups is 1. The van der Waals surface area contributed by atoms with E-state index in [9.17, 15) is 9.90 Å². The van der Waals surface area contributed by atoms with E-state index in [1.54, 1.807) is 17.0 Å². The maximum atomic E-state index is 12.8. The number of carbonyl (C=O) groups excluding carboxylic acids is 1. The summed E-state index contributed by atoms with van der Waals surface area (Å²) >= 11 is 0. The number of nitrogens with two attached hydrogens (primary N) is 1. The van der Waals surface area contributed by atoms with Crippen LogP contribution in [0.5, 0.6) is 5.75 Å². The minimum atomic E-state index is -0.377. The van der Waals surface area contributed by atoms with Crippen molar-refractivity contribution in [3.63, 3.8) is 0 Å². The molecule has 1 aliphatic rings. The maximum absolute atomic E-state index is 12.8. The third-order valence-electron chi connectivity index (χ3n) is 4.78. The van der Waals surface area contributed by atoms with Crippen LogP contribution in [0.1, 0.15) is 38.2 Å². The Morgan fingerprint density at radius 1 is 1.33 bits per heavy atom. The van der Waals surface area contributed by atoms with Gasteiger partial charge in [0.05, 0.1) is 5.41 Å². The molecule has 21 heavy (non-hydrogen) atoms. The normalized spacial score (nSPS) is 25.6. The first kappa shape index (κ1) is 15.8. The first-order valence-electron chi connectivity index (χ1n) is 7.70. The Kier molecular flexibility index (Phi) is 4.88. The second kappa shape index (κ2) is 6.48. The Labute approximate surface area is 126 Å². The first-order chi connectivity index (χ1) is 9.97. The van der Waals surface area contributed by atoms with Gasteiger partial charge in [-0.25, -0.2) is 0 Å². The van der Waals surface area contributed by atoms with Crippen molar-refractivity contribution in [2.75, 3.05) is 13.6 Å². The van der Waals surface area contributed by atoms with E-state index < -0.39 is 0 Å². The Morgan fingerprint density at radius 2 is 1.90 bits per heavy atom. The smallest absolute Gasteiger partial charge is 0.230 e. The Hall–Kier alpha value is -1.55. The minimum absolute atomic E-state index is 0.157. The molecule has 1 aromatic carbocycles. The first-order valence-corrected chi connectivity index (χ1v) is 7.70. The molecule has 0 atom stereocenters. The van der Waals surface area contributed by atoms with Gasteiger partial charge in [0.15, 0.2) is 0 Å². The molecule has 2 rings (SSSR count). The van der Waals surface area contributed by atoms with Crippen LogP contribution in [-0.2, 0) is 11.3 Å². The van der Waals surface area contributed by atoms with Gasteiger partial charge < -0.3 is 15.7 Å². The van der Waals surface area contributed by atoms with Gasteiger partial charge in [0.1, 0.15) is 5.75 Å². The quantitative estimate of drug-likeness (QED) is 0.895. The van der Waals surface area contributed by atoms with E-state index in [2.05, 4.69) is 6.92 Å². The average Bonchev–Trinajstić information content (AvgIpc) is 2.50. The molecule has 0 bridgehead atoms. The second-order valence-electron chi connectivity index (χ2n) is 6.49. The van der Waals surface area contributed by atoms with E-state index in [1.807, 2.05) is 19.2 Å². The highest BCUT2D eigenvalue weighted by atomic mass is 16.3. The van der Waals surface area contributed by atoms with E-state index in [0.717, 1.165) is 31.2 Å². The number of phenolic OH excluding ortho intramolecular Hbond substituents is 1. The third kappa shape index (κ3) is 3.56. The van der Waals surface area contributed by atoms with Crippen LogP contribution in [0.15, 0.2) is 24.3 Å². The van der Waals surface area contributed by atoms with Crippen LogP contribution in [-0.4, -0.2) is 29.5 Å². The van der Waals surface area contributed by atoms with Crippen LogP contribution in [0, 0.1) is 11.3 Å². The van der Waals surface area contributed by atoms with Gasteiger partial charge in [-0.3, -0.25) is 4.79 Å². The molecule has 0 spiro atoms. The molecule has 116 valence electrons. The van der Waals surface area contributed by atoms with Crippen molar-refractivity contribution in [1.29, 1.82) is 0 Å². The van der Waals surface area contributed by atoms with Crippen LogP contribution in [0.3, 0.4) is 0 Å². The van der Waals surface area contributed by atoms with Crippen LogP contribution in [0.4, 0.5) is 0 Å². The zero-order valence-electron chi connectivity index (χ0n) is 13.0. The van der Waals surface area contributed by atoms with Crippen molar-refractivity contribution in [2.24, 2.45) is 17.1 Å². The number of aromatic hydroxyl groups is 1. The van der Waals surface area contributed by atoms with Crippen molar-refractivity contribution in [3.05, 3.63) is 29.8 Å². The van der Waals surface area contributed by atoms with Gasteiger partial charge in [0, 0.05) is 20.1 Å². The molecule has 0 radical (unpaired) electrons. The summed E-state index contributed by atoms with van der Waals surface area (Å²) in [7, 11) is 1.84. The molecular weight excluding hydrogens is 264 g/mol. The summed E-state index contributed by atoms with van der Waals surface area (Å²) < 4.78 is 0. The monoisotopic (exact) mass is 290 g/mol. The van der Waals surface area contributed by atoms with Crippen LogP contribution in [0.2, 0.25) is 0 Å². The van der Waals surface area contributed by atoms with Crippen LogP contribution in [0.25, 0.3) is 0 Å². The molecule has 0 heterocycles. The zero-order valence-corrected chi connectivity index (χ0v) is 13.0. The van der Waals surface area contributed by atoms with Gasteiger partial charge in [0.2, 0.25) is 5.91 Å². The average molecular weight is 290 g/mol. The summed E-state index contributed by atoms with van der Waals surface area (Å²) in [5.74, 6) is 1.09. The fourth-order valence-corrected chi connectivity index (χ4v) is 3.17. The SMILES string of the molecule is CC1CCC(CN)(C(=O)N(C)Cc2ccc(O)cc2)CC1. The number of amides is 1. The molecule has 0 saturated heterocycles. The molecular formula is C17H26N2O2. The number of hydrogen-bond acceptors (Lipinski definition) is 3. The lowest BCUT2D eigenvalue weighted by atomic mass is 9.70. The van der Waals surface area contributed by atoms with Gasteiger partial charge in [0.25, 0.3) is 0 Å². The van der Waals surface area contributed by atoms with Gasteiger partial charge in [-0.05, 0) is 49.3 Å². The molecule has 1 saturated carbocycles. The lowest BCUT2D eigenvalue weighted by molar-refractivity contribution is -0.143. The van der Waals surface area contributed by atoms with Crippen LogP contribution >= 0.6 is 0 Å². The number of benzene rings is 1. The third-order valence-corrected chi connectivity index (χ3v) is 4.78. The Morgan fingerprint density at radius 3 is 2.43 bits per heavy atom. The summed E-state index contributed by atoms with van der Waals surface area (Å²) in [6, 6.07) is 6.98. The summed E-state index contributed by atoms with van der Waals surface area (Å²) in [5.41, 5.74) is 6.59. The molecule has 3 N–H and O–H groups in total. The van der Waals surface area contributed by atoms with E-state index in [0.29, 0.717) is 19.0 Å². The van der Waals surface area contributed by atoms with Crippen molar-refractivity contribution < 1.29 is 9.90 Å². The Bertz CT molecular complexity index is 476. The molecule has 4 heteroatoms. The number of rotatable bonds is 4. The fourth-order valence-electron chi connectivity index (χ4n) is 3.17. The molecule has 1 aliphatic carbocycles. The van der Waals surface area contributed by atoms with Crippen molar-refractivity contribution >= 4 is 5.91 Å². The zero-order chi connectivity index (χ0) is 15.5. The molecule has 0 unspecified atom stereocenters. The highest BCUT2D eigenvalue weighted by Crippen LogP contribution is 2.39. The molecule has 1 amide bonds. The van der Waals surface area contributed by atoms with Gasteiger partial charge in [-0.15, -0.1) is 0 Å². The van der Waals surface area contributed by atoms with E-state index in [1.165, 1.54) is 0 Å². The van der Waals surface area contributed by atoms with Crippen molar-refractivity contribution in [2.45, 2.75) is 39.2 Å². The predicted molar refractivity (Wildman–Crippen MR) is 83.7 cm³/mol. The van der Waals surface area contributed by atoms with Crippen molar-refractivity contribution in [1.82, 2.24) is 4.90 Å². The maximum Gasteiger partial charge on any atom is 0.230 e.